The molecule has 2 aliphatic rings. The molecule has 2 saturated heterocycles. The summed E-state index contributed by atoms with van der Waals surface area (Å²) in [5.41, 5.74) is 3.33. The highest BCUT2D eigenvalue weighted by Gasteiger charge is 2.32. The Balaban J connectivity index is 1.42. The number of benzene rings is 2. The first-order valence-corrected chi connectivity index (χ1v) is 11.0. The topological polar surface area (TPSA) is 57.3 Å². The second-order valence-electron chi connectivity index (χ2n) is 7.97. The third kappa shape index (κ3) is 3.79. The van der Waals surface area contributed by atoms with Crippen LogP contribution in [0.2, 0.25) is 10.0 Å². The number of carbonyl (C=O) groups is 1. The van der Waals surface area contributed by atoms with E-state index in [2.05, 4.69) is 26.6 Å². The van der Waals surface area contributed by atoms with Crippen LogP contribution in [0.1, 0.15) is 34.8 Å². The van der Waals surface area contributed by atoms with E-state index in [9.17, 15) is 4.79 Å². The fraction of sp³-hybridized carbons (Fsp3) is 0.304. The van der Waals surface area contributed by atoms with Crippen molar-refractivity contribution in [1.82, 2.24) is 15.2 Å². The zero-order valence-electron chi connectivity index (χ0n) is 16.4. The van der Waals surface area contributed by atoms with Crippen LogP contribution < -0.4 is 10.6 Å². The van der Waals surface area contributed by atoms with E-state index in [4.69, 9.17) is 23.2 Å². The maximum atomic E-state index is 12.7. The monoisotopic (exact) mass is 440 g/mol. The average molecular weight is 441 g/mol. The van der Waals surface area contributed by atoms with Gasteiger partial charge in [-0.25, -0.2) is 0 Å². The quantitative estimate of drug-likeness (QED) is 0.607. The molecule has 2 aliphatic heterocycles. The lowest BCUT2D eigenvalue weighted by Gasteiger charge is -2.36. The number of hydrogen-bond donors (Lipinski definition) is 2. The second kappa shape index (κ2) is 8.16. The highest BCUT2D eigenvalue weighted by atomic mass is 35.5. The average Bonchev–Trinajstić information content (AvgIpc) is 3.23. The largest absolute Gasteiger partial charge is 0.322 e. The van der Waals surface area contributed by atoms with Gasteiger partial charge in [0.25, 0.3) is 5.91 Å². The van der Waals surface area contributed by atoms with Gasteiger partial charge in [0.1, 0.15) is 0 Å². The highest BCUT2D eigenvalue weighted by Crippen LogP contribution is 2.31. The van der Waals surface area contributed by atoms with Crippen LogP contribution in [0.3, 0.4) is 0 Å². The number of carbonyl (C=O) groups excluding carboxylic acids is 1. The van der Waals surface area contributed by atoms with Crippen LogP contribution in [0.25, 0.3) is 10.9 Å². The third-order valence-corrected chi connectivity index (χ3v) is 6.85. The lowest BCUT2D eigenvalue weighted by molar-refractivity contribution is 0.102. The number of nitrogens with one attached hydrogen (secondary N) is 2. The van der Waals surface area contributed by atoms with Crippen LogP contribution in [0.15, 0.2) is 48.7 Å². The van der Waals surface area contributed by atoms with Crippen molar-refractivity contribution in [2.45, 2.75) is 24.9 Å². The van der Waals surface area contributed by atoms with Crippen LogP contribution in [-0.2, 0) is 0 Å². The Bertz CT molecular complexity index is 1120. The van der Waals surface area contributed by atoms with Gasteiger partial charge in [0.2, 0.25) is 0 Å². The van der Waals surface area contributed by atoms with Crippen LogP contribution in [0.5, 0.6) is 0 Å². The molecule has 0 bridgehead atoms. The number of rotatable bonds is 3. The molecule has 5 rings (SSSR count). The summed E-state index contributed by atoms with van der Waals surface area (Å²) < 4.78 is 0. The summed E-state index contributed by atoms with van der Waals surface area (Å²) in [7, 11) is 0. The molecule has 2 atom stereocenters. The number of fused-ring (bicyclic) bond motifs is 2. The SMILES string of the molecule is O=C(Nc1ccc2nccc([C@H]3CN4CCCC4CN3)c2c1)c1ccc(Cl)c(Cl)c1. The standard InChI is InChI=1S/C23H22Cl2N4O/c24-19-5-3-14(10-20(19)25)23(30)28-15-4-6-21-18(11-15)17(7-8-26-21)22-13-29-9-1-2-16(29)12-27-22/h3-8,10-11,16,22,27H,1-2,9,12-13H2,(H,28,30)/t16?,22-/m1/s1. The normalized spacial score (nSPS) is 21.5. The van der Waals surface area contributed by atoms with Crippen molar-refractivity contribution in [3.05, 3.63) is 69.8 Å². The van der Waals surface area contributed by atoms with Crippen molar-refractivity contribution >= 4 is 45.7 Å². The van der Waals surface area contributed by atoms with Crippen molar-refractivity contribution in [2.75, 3.05) is 25.0 Å². The van der Waals surface area contributed by atoms with Gasteiger partial charge in [0.15, 0.2) is 0 Å². The van der Waals surface area contributed by atoms with Crippen LogP contribution in [0, 0.1) is 0 Å². The molecule has 1 aromatic heterocycles. The molecule has 7 heteroatoms. The summed E-state index contributed by atoms with van der Waals surface area (Å²) in [6.07, 6.45) is 4.42. The number of nitrogens with zero attached hydrogens (tertiary/aromatic N) is 2. The Kier molecular flexibility index (Phi) is 5.37. The van der Waals surface area contributed by atoms with E-state index < -0.39 is 0 Å². The summed E-state index contributed by atoms with van der Waals surface area (Å²) in [4.78, 5) is 19.8. The molecule has 2 fully saturated rings. The van der Waals surface area contributed by atoms with Crippen molar-refractivity contribution < 1.29 is 4.79 Å². The van der Waals surface area contributed by atoms with Crippen molar-refractivity contribution in [2.24, 2.45) is 0 Å². The summed E-state index contributed by atoms with van der Waals surface area (Å²) in [6.45, 7) is 3.20. The van der Waals surface area contributed by atoms with E-state index >= 15 is 0 Å². The minimum Gasteiger partial charge on any atom is -0.322 e. The predicted octanol–water partition coefficient (Wildman–Crippen LogP) is 4.90. The fourth-order valence-corrected chi connectivity index (χ4v) is 4.84. The Morgan fingerprint density at radius 2 is 2.03 bits per heavy atom. The molecule has 154 valence electrons. The molecule has 0 spiro atoms. The predicted molar refractivity (Wildman–Crippen MR) is 121 cm³/mol. The Hall–Kier alpha value is -2.18. The molecule has 30 heavy (non-hydrogen) atoms. The third-order valence-electron chi connectivity index (χ3n) is 6.11. The van der Waals surface area contributed by atoms with Gasteiger partial charge in [-0.2, -0.15) is 0 Å². The second-order valence-corrected chi connectivity index (χ2v) is 8.78. The highest BCUT2D eigenvalue weighted by molar-refractivity contribution is 6.42. The van der Waals surface area contributed by atoms with Gasteiger partial charge < -0.3 is 10.6 Å². The maximum Gasteiger partial charge on any atom is 0.255 e. The van der Waals surface area contributed by atoms with E-state index in [1.165, 1.54) is 24.9 Å². The summed E-state index contributed by atoms with van der Waals surface area (Å²) >= 11 is 12.0. The number of amides is 1. The Labute approximate surface area is 185 Å². The van der Waals surface area contributed by atoms with E-state index in [0.29, 0.717) is 21.7 Å². The molecule has 1 amide bonds. The maximum absolute atomic E-state index is 12.7. The zero-order valence-corrected chi connectivity index (χ0v) is 17.9. The van der Waals surface area contributed by atoms with Gasteiger partial charge in [0, 0.05) is 48.0 Å². The van der Waals surface area contributed by atoms with Gasteiger partial charge in [-0.05, 0) is 67.4 Å². The number of aromatic nitrogens is 1. The number of halogens is 2. The fourth-order valence-electron chi connectivity index (χ4n) is 4.54. The lowest BCUT2D eigenvalue weighted by atomic mass is 9.98. The molecule has 5 nitrogen and oxygen atoms in total. The van der Waals surface area contributed by atoms with Crippen molar-refractivity contribution in [3.8, 4) is 0 Å². The molecular formula is C23H22Cl2N4O. The van der Waals surface area contributed by atoms with E-state index in [1.807, 2.05) is 24.4 Å². The van der Waals surface area contributed by atoms with Gasteiger partial charge in [-0.3, -0.25) is 14.7 Å². The van der Waals surface area contributed by atoms with Gasteiger partial charge >= 0.3 is 0 Å². The molecule has 2 aromatic carbocycles. The van der Waals surface area contributed by atoms with Gasteiger partial charge in [-0.15, -0.1) is 0 Å². The minimum absolute atomic E-state index is 0.228. The molecule has 2 N–H and O–H groups in total. The summed E-state index contributed by atoms with van der Waals surface area (Å²) in [5.74, 6) is -0.228. The van der Waals surface area contributed by atoms with Crippen molar-refractivity contribution in [3.63, 3.8) is 0 Å². The number of pyridine rings is 1. The summed E-state index contributed by atoms with van der Waals surface area (Å²) in [6, 6.07) is 13.7. The first kappa shape index (κ1) is 19.8. The molecular weight excluding hydrogens is 419 g/mol. The number of anilines is 1. The van der Waals surface area contributed by atoms with Crippen LogP contribution in [-0.4, -0.2) is 41.5 Å². The summed E-state index contributed by atoms with van der Waals surface area (Å²) in [5, 5.41) is 8.52. The molecule has 3 heterocycles. The lowest BCUT2D eigenvalue weighted by Crippen LogP contribution is -2.49. The molecule has 1 unspecified atom stereocenters. The van der Waals surface area contributed by atoms with Gasteiger partial charge in [0.05, 0.1) is 15.6 Å². The molecule has 0 radical (unpaired) electrons. The van der Waals surface area contributed by atoms with Gasteiger partial charge in [-0.1, -0.05) is 23.2 Å². The smallest absolute Gasteiger partial charge is 0.255 e. The number of hydrogen-bond acceptors (Lipinski definition) is 4. The zero-order chi connectivity index (χ0) is 20.7. The molecule has 3 aromatic rings. The van der Waals surface area contributed by atoms with Crippen LogP contribution >= 0.6 is 23.2 Å². The Morgan fingerprint density at radius 1 is 1.13 bits per heavy atom. The van der Waals surface area contributed by atoms with Crippen LogP contribution in [0.4, 0.5) is 5.69 Å². The number of piperazine rings is 1. The Morgan fingerprint density at radius 3 is 2.90 bits per heavy atom. The minimum atomic E-state index is -0.228. The van der Waals surface area contributed by atoms with E-state index in [1.54, 1.807) is 18.2 Å². The van der Waals surface area contributed by atoms with E-state index in [-0.39, 0.29) is 11.9 Å². The molecule has 0 saturated carbocycles. The molecule has 0 aliphatic carbocycles. The first-order chi connectivity index (χ1) is 14.6. The first-order valence-electron chi connectivity index (χ1n) is 10.2. The van der Waals surface area contributed by atoms with Crippen molar-refractivity contribution in [1.29, 1.82) is 0 Å². The van der Waals surface area contributed by atoms with E-state index in [0.717, 1.165) is 29.7 Å².